The topological polar surface area (TPSA) is 147 Å². The first-order valence-electron chi connectivity index (χ1n) is 13.5. The first-order chi connectivity index (χ1) is 19.4. The van der Waals surface area contributed by atoms with Crippen molar-refractivity contribution in [2.24, 2.45) is 17.8 Å². The lowest BCUT2D eigenvalue weighted by Gasteiger charge is -2.29. The maximum atomic E-state index is 13.4. The summed E-state index contributed by atoms with van der Waals surface area (Å²) in [5, 5.41) is 2.48. The fourth-order valence-electron chi connectivity index (χ4n) is 4.03. The molecule has 41 heavy (non-hydrogen) atoms. The van der Waals surface area contributed by atoms with Gasteiger partial charge in [-0.3, -0.25) is 19.2 Å². The number of hydrogen-bond acceptors (Lipinski definition) is 10. The molecule has 11 nitrogen and oxygen atoms in total. The molecule has 220 valence electrons. The predicted octanol–water partition coefficient (Wildman–Crippen LogP) is 2.97. The van der Waals surface area contributed by atoms with Gasteiger partial charge in [0.2, 0.25) is 0 Å². The summed E-state index contributed by atoms with van der Waals surface area (Å²) in [7, 11) is 0. The van der Waals surface area contributed by atoms with Crippen LogP contribution in [0.1, 0.15) is 56.2 Å². The van der Waals surface area contributed by atoms with Crippen LogP contribution in [0.15, 0.2) is 42.6 Å². The van der Waals surface area contributed by atoms with Gasteiger partial charge in [-0.05, 0) is 37.5 Å². The molecule has 3 rings (SSSR count). The van der Waals surface area contributed by atoms with E-state index in [9.17, 15) is 24.0 Å². The zero-order valence-electron chi connectivity index (χ0n) is 24.0. The summed E-state index contributed by atoms with van der Waals surface area (Å²) in [4.78, 5) is 68.6. The average molecular weight is 569 g/mol. The Bertz CT molecular complexity index is 1280. The number of aryl methyl sites for hydroxylation is 1. The SMILES string of the molecule is Cc1ccnc(C(=O)NC2COC(=O)C(Cc3ccccc3)C(OC(=O)C(C)C)C(C)OC2=O)c1OC(=O)C(C)C. The Balaban J connectivity index is 1.88. The van der Waals surface area contributed by atoms with Gasteiger partial charge >= 0.3 is 23.9 Å². The van der Waals surface area contributed by atoms with E-state index in [-0.39, 0.29) is 17.9 Å². The zero-order valence-corrected chi connectivity index (χ0v) is 24.0. The molecule has 1 fully saturated rings. The van der Waals surface area contributed by atoms with Crippen molar-refractivity contribution in [1.29, 1.82) is 0 Å². The molecule has 4 unspecified atom stereocenters. The van der Waals surface area contributed by atoms with E-state index in [0.29, 0.717) is 5.56 Å². The van der Waals surface area contributed by atoms with Crippen LogP contribution < -0.4 is 10.1 Å². The van der Waals surface area contributed by atoms with Crippen LogP contribution in [0, 0.1) is 24.7 Å². The monoisotopic (exact) mass is 568 g/mol. The highest BCUT2D eigenvalue weighted by Gasteiger charge is 2.42. The molecule has 0 saturated carbocycles. The van der Waals surface area contributed by atoms with Crippen LogP contribution in [0.25, 0.3) is 0 Å². The van der Waals surface area contributed by atoms with Crippen molar-refractivity contribution in [2.45, 2.75) is 66.2 Å². The third-order valence-corrected chi connectivity index (χ3v) is 6.46. The van der Waals surface area contributed by atoms with Gasteiger partial charge in [0.25, 0.3) is 5.91 Å². The second kappa shape index (κ2) is 13.9. The van der Waals surface area contributed by atoms with E-state index >= 15 is 0 Å². The van der Waals surface area contributed by atoms with E-state index in [2.05, 4.69) is 10.3 Å². The summed E-state index contributed by atoms with van der Waals surface area (Å²) in [5.74, 6) is -5.59. The number of cyclic esters (lactones) is 2. The fourth-order valence-corrected chi connectivity index (χ4v) is 4.03. The lowest BCUT2D eigenvalue weighted by Crippen LogP contribution is -2.47. The minimum absolute atomic E-state index is 0.0471. The minimum Gasteiger partial charge on any atom is -0.463 e. The summed E-state index contributed by atoms with van der Waals surface area (Å²) in [5.41, 5.74) is 1.04. The van der Waals surface area contributed by atoms with Crippen LogP contribution in [-0.2, 0) is 39.8 Å². The van der Waals surface area contributed by atoms with Crippen LogP contribution in [-0.4, -0.2) is 59.6 Å². The molecule has 0 aliphatic carbocycles. The number of carbonyl (C=O) groups excluding carboxylic acids is 5. The number of nitrogens with one attached hydrogen (secondary N) is 1. The molecule has 1 saturated heterocycles. The Morgan fingerprint density at radius 3 is 2.29 bits per heavy atom. The molecule has 4 atom stereocenters. The summed E-state index contributed by atoms with van der Waals surface area (Å²) in [6.07, 6.45) is -0.672. The van der Waals surface area contributed by atoms with E-state index in [1.807, 2.05) is 30.3 Å². The standard InChI is InChI=1S/C30H36N2O9/c1-16(2)27(34)40-24-18(5)12-13-31-23(24)26(33)32-22-15-38-29(36)21(14-20-10-8-7-9-11-20)25(19(6)39-30(22)37)41-28(35)17(3)4/h7-13,16-17,19,21-22,25H,14-15H2,1-6H3,(H,32,33). The molecule has 11 heteroatoms. The van der Waals surface area contributed by atoms with Crippen molar-refractivity contribution >= 4 is 29.8 Å². The van der Waals surface area contributed by atoms with Crippen LogP contribution in [0.5, 0.6) is 5.75 Å². The lowest BCUT2D eigenvalue weighted by molar-refractivity contribution is -0.176. The van der Waals surface area contributed by atoms with Crippen molar-refractivity contribution in [3.63, 3.8) is 0 Å². The number of benzene rings is 1. The second-order valence-corrected chi connectivity index (χ2v) is 10.5. The Morgan fingerprint density at radius 1 is 1.00 bits per heavy atom. The van der Waals surface area contributed by atoms with Gasteiger partial charge in [0.1, 0.15) is 18.6 Å². The number of amides is 1. The summed E-state index contributed by atoms with van der Waals surface area (Å²) in [6.45, 7) is 9.20. The minimum atomic E-state index is -1.42. The molecule has 0 radical (unpaired) electrons. The van der Waals surface area contributed by atoms with Gasteiger partial charge < -0.3 is 24.3 Å². The van der Waals surface area contributed by atoms with Gasteiger partial charge in [-0.25, -0.2) is 9.78 Å². The number of rotatable bonds is 8. The number of carbonyl (C=O) groups is 5. The molecule has 2 heterocycles. The highest BCUT2D eigenvalue weighted by atomic mass is 16.6. The van der Waals surface area contributed by atoms with Gasteiger partial charge in [0.05, 0.1) is 11.8 Å². The molecular weight excluding hydrogens is 532 g/mol. The largest absolute Gasteiger partial charge is 0.463 e. The van der Waals surface area contributed by atoms with Gasteiger partial charge in [-0.1, -0.05) is 58.0 Å². The van der Waals surface area contributed by atoms with Crippen molar-refractivity contribution in [2.75, 3.05) is 6.61 Å². The zero-order chi connectivity index (χ0) is 30.3. The Kier molecular flexibility index (Phi) is 10.6. The molecule has 1 aromatic heterocycles. The van der Waals surface area contributed by atoms with Gasteiger partial charge in [0, 0.05) is 6.20 Å². The maximum absolute atomic E-state index is 13.4. The highest BCUT2D eigenvalue weighted by Crippen LogP contribution is 2.26. The quantitative estimate of drug-likeness (QED) is 0.372. The number of esters is 4. The third kappa shape index (κ3) is 8.12. The number of pyridine rings is 1. The van der Waals surface area contributed by atoms with Crippen molar-refractivity contribution in [3.8, 4) is 5.75 Å². The highest BCUT2D eigenvalue weighted by molar-refractivity contribution is 5.98. The first kappa shape index (κ1) is 31.3. The van der Waals surface area contributed by atoms with Crippen LogP contribution in [0.2, 0.25) is 0 Å². The van der Waals surface area contributed by atoms with E-state index < -0.39 is 72.4 Å². The Morgan fingerprint density at radius 2 is 1.66 bits per heavy atom. The van der Waals surface area contributed by atoms with Gasteiger partial charge in [0.15, 0.2) is 23.6 Å². The maximum Gasteiger partial charge on any atom is 0.332 e. The third-order valence-electron chi connectivity index (χ3n) is 6.46. The molecular formula is C30H36N2O9. The number of ether oxygens (including phenoxy) is 4. The average Bonchev–Trinajstić information content (AvgIpc) is 2.96. The number of aromatic nitrogens is 1. The predicted molar refractivity (Wildman–Crippen MR) is 146 cm³/mol. The van der Waals surface area contributed by atoms with Crippen LogP contribution in [0.4, 0.5) is 0 Å². The molecule has 0 bridgehead atoms. The summed E-state index contributed by atoms with van der Waals surface area (Å²) in [6, 6.07) is 9.25. The van der Waals surface area contributed by atoms with Gasteiger partial charge in [-0.2, -0.15) is 0 Å². The van der Waals surface area contributed by atoms with Crippen molar-refractivity contribution in [3.05, 3.63) is 59.4 Å². The van der Waals surface area contributed by atoms with Crippen LogP contribution in [0.3, 0.4) is 0 Å². The molecule has 1 N–H and O–H groups in total. The van der Waals surface area contributed by atoms with Crippen molar-refractivity contribution < 1.29 is 42.9 Å². The molecule has 1 aromatic carbocycles. The summed E-state index contributed by atoms with van der Waals surface area (Å²) >= 11 is 0. The first-order valence-corrected chi connectivity index (χ1v) is 13.5. The van der Waals surface area contributed by atoms with E-state index in [4.69, 9.17) is 18.9 Å². The number of hydrogen-bond donors (Lipinski definition) is 1. The number of nitrogens with zero attached hydrogens (tertiary/aromatic N) is 1. The second-order valence-electron chi connectivity index (χ2n) is 10.5. The Labute approximate surface area is 238 Å². The van der Waals surface area contributed by atoms with E-state index in [0.717, 1.165) is 5.56 Å². The Hall–Kier alpha value is -4.28. The smallest absolute Gasteiger partial charge is 0.332 e. The summed E-state index contributed by atoms with van der Waals surface area (Å²) < 4.78 is 22.2. The van der Waals surface area contributed by atoms with Gasteiger partial charge in [-0.15, -0.1) is 0 Å². The molecule has 0 spiro atoms. The van der Waals surface area contributed by atoms with Crippen molar-refractivity contribution in [1.82, 2.24) is 10.3 Å². The normalized spacial score (nSPS) is 21.2. The van der Waals surface area contributed by atoms with E-state index in [1.165, 1.54) is 13.1 Å². The van der Waals surface area contributed by atoms with E-state index in [1.54, 1.807) is 40.7 Å². The fraction of sp³-hybridized carbons (Fsp3) is 0.467. The molecule has 1 amide bonds. The lowest BCUT2D eigenvalue weighted by atomic mass is 9.91. The molecule has 2 aromatic rings. The van der Waals surface area contributed by atoms with Crippen LogP contribution >= 0.6 is 0 Å². The molecule has 1 aliphatic rings. The molecule has 1 aliphatic heterocycles.